The Morgan fingerprint density at radius 2 is 1.91 bits per heavy atom. The number of amides is 1. The number of benzene rings is 2. The molecule has 0 spiro atoms. The van der Waals surface area contributed by atoms with E-state index in [-0.39, 0.29) is 11.9 Å². The maximum absolute atomic E-state index is 12.6. The predicted octanol–water partition coefficient (Wildman–Crippen LogP) is 3.33. The Morgan fingerprint density at radius 1 is 1.22 bits per heavy atom. The molecule has 23 heavy (non-hydrogen) atoms. The SMILES string of the molecule is Cc1ccc(CN2C(=O)C(C)Oc3ccc(C(C)N)cc32)cc1. The molecule has 0 radical (unpaired) electrons. The van der Waals surface area contributed by atoms with Crippen LogP contribution in [-0.2, 0) is 11.3 Å². The summed E-state index contributed by atoms with van der Waals surface area (Å²) >= 11 is 0. The second-order valence-electron chi connectivity index (χ2n) is 6.19. The van der Waals surface area contributed by atoms with Gasteiger partial charge in [0.2, 0.25) is 0 Å². The minimum Gasteiger partial charge on any atom is -0.479 e. The molecule has 4 heteroatoms. The zero-order valence-electron chi connectivity index (χ0n) is 13.7. The van der Waals surface area contributed by atoms with Crippen LogP contribution < -0.4 is 15.4 Å². The van der Waals surface area contributed by atoms with E-state index in [0.29, 0.717) is 6.54 Å². The third kappa shape index (κ3) is 3.08. The van der Waals surface area contributed by atoms with E-state index >= 15 is 0 Å². The van der Waals surface area contributed by atoms with Crippen molar-refractivity contribution in [2.75, 3.05) is 4.90 Å². The third-order valence-corrected chi connectivity index (χ3v) is 4.18. The van der Waals surface area contributed by atoms with Crippen LogP contribution >= 0.6 is 0 Å². The van der Waals surface area contributed by atoms with Gasteiger partial charge < -0.3 is 15.4 Å². The lowest BCUT2D eigenvalue weighted by Gasteiger charge is -2.33. The molecule has 4 nitrogen and oxygen atoms in total. The fourth-order valence-corrected chi connectivity index (χ4v) is 2.75. The minimum atomic E-state index is -0.478. The molecule has 0 aliphatic carbocycles. The summed E-state index contributed by atoms with van der Waals surface area (Å²) < 4.78 is 5.73. The molecule has 1 heterocycles. The van der Waals surface area contributed by atoms with E-state index in [9.17, 15) is 4.79 Å². The van der Waals surface area contributed by atoms with E-state index in [1.54, 1.807) is 11.8 Å². The molecule has 0 aromatic heterocycles. The van der Waals surface area contributed by atoms with Crippen molar-refractivity contribution < 1.29 is 9.53 Å². The second kappa shape index (κ2) is 6.05. The molecule has 2 N–H and O–H groups in total. The first-order valence-corrected chi connectivity index (χ1v) is 7.89. The fraction of sp³-hybridized carbons (Fsp3) is 0.316. The monoisotopic (exact) mass is 310 g/mol. The summed E-state index contributed by atoms with van der Waals surface area (Å²) in [5.74, 6) is 0.702. The first-order valence-electron chi connectivity index (χ1n) is 7.89. The van der Waals surface area contributed by atoms with Gasteiger partial charge in [-0.2, -0.15) is 0 Å². The number of ether oxygens (including phenoxy) is 1. The lowest BCUT2D eigenvalue weighted by Crippen LogP contribution is -2.44. The van der Waals surface area contributed by atoms with Gasteiger partial charge in [-0.15, -0.1) is 0 Å². The summed E-state index contributed by atoms with van der Waals surface area (Å²) in [4.78, 5) is 14.4. The zero-order valence-corrected chi connectivity index (χ0v) is 13.7. The highest BCUT2D eigenvalue weighted by atomic mass is 16.5. The number of rotatable bonds is 3. The maximum Gasteiger partial charge on any atom is 0.268 e. The summed E-state index contributed by atoms with van der Waals surface area (Å²) in [6.07, 6.45) is -0.478. The van der Waals surface area contributed by atoms with Crippen LogP contribution in [0.5, 0.6) is 5.75 Å². The number of fused-ring (bicyclic) bond motifs is 1. The van der Waals surface area contributed by atoms with Gasteiger partial charge in [-0.3, -0.25) is 4.79 Å². The molecule has 2 atom stereocenters. The summed E-state index contributed by atoms with van der Waals surface area (Å²) in [5.41, 5.74) is 10.1. The van der Waals surface area contributed by atoms with Crippen LogP contribution in [0, 0.1) is 6.92 Å². The molecular weight excluding hydrogens is 288 g/mol. The van der Waals surface area contributed by atoms with Gasteiger partial charge in [0, 0.05) is 6.04 Å². The largest absolute Gasteiger partial charge is 0.479 e. The number of carbonyl (C=O) groups is 1. The average molecular weight is 310 g/mol. The Kier molecular flexibility index (Phi) is 4.09. The van der Waals surface area contributed by atoms with Crippen LogP contribution in [-0.4, -0.2) is 12.0 Å². The number of aryl methyl sites for hydroxylation is 1. The third-order valence-electron chi connectivity index (χ3n) is 4.18. The molecule has 1 aliphatic rings. The summed E-state index contributed by atoms with van der Waals surface area (Å²) in [5, 5.41) is 0. The number of nitrogens with zero attached hydrogens (tertiary/aromatic N) is 1. The van der Waals surface area contributed by atoms with Crippen molar-refractivity contribution in [1.82, 2.24) is 0 Å². The van der Waals surface area contributed by atoms with Gasteiger partial charge in [-0.25, -0.2) is 0 Å². The normalized spacial score (nSPS) is 18.3. The number of carbonyl (C=O) groups excluding carboxylic acids is 1. The Balaban J connectivity index is 1.99. The van der Waals surface area contributed by atoms with E-state index in [2.05, 4.69) is 31.2 Å². The summed E-state index contributed by atoms with van der Waals surface area (Å²) in [6, 6.07) is 13.9. The standard InChI is InChI=1S/C19H22N2O2/c1-12-4-6-15(7-5-12)11-21-17-10-16(13(2)20)8-9-18(17)23-14(3)19(21)22/h4-10,13-14H,11,20H2,1-3H3. The molecule has 0 bridgehead atoms. The van der Waals surface area contributed by atoms with E-state index in [1.165, 1.54) is 5.56 Å². The second-order valence-corrected chi connectivity index (χ2v) is 6.19. The van der Waals surface area contributed by atoms with Gasteiger partial charge in [0.05, 0.1) is 12.2 Å². The maximum atomic E-state index is 12.6. The molecule has 0 saturated heterocycles. The first-order chi connectivity index (χ1) is 11.0. The van der Waals surface area contributed by atoms with Gasteiger partial charge >= 0.3 is 0 Å². The number of nitrogens with two attached hydrogens (primary N) is 1. The molecule has 3 rings (SSSR count). The quantitative estimate of drug-likeness (QED) is 0.946. The highest BCUT2D eigenvalue weighted by Gasteiger charge is 2.31. The van der Waals surface area contributed by atoms with E-state index in [0.717, 1.165) is 22.6 Å². The van der Waals surface area contributed by atoms with Gasteiger partial charge in [-0.05, 0) is 44.0 Å². The van der Waals surface area contributed by atoms with Crippen molar-refractivity contribution in [3.8, 4) is 5.75 Å². The lowest BCUT2D eigenvalue weighted by atomic mass is 10.0. The minimum absolute atomic E-state index is 0.0279. The number of anilines is 1. The Hall–Kier alpha value is -2.33. The van der Waals surface area contributed by atoms with E-state index in [1.807, 2.05) is 25.1 Å². The van der Waals surface area contributed by atoms with E-state index in [4.69, 9.17) is 10.5 Å². The van der Waals surface area contributed by atoms with Gasteiger partial charge in [-0.1, -0.05) is 35.9 Å². The molecule has 0 fully saturated rings. The van der Waals surface area contributed by atoms with Gasteiger partial charge in [0.15, 0.2) is 6.10 Å². The first kappa shape index (κ1) is 15.6. The topological polar surface area (TPSA) is 55.6 Å². The summed E-state index contributed by atoms with van der Waals surface area (Å²) in [6.45, 7) is 6.30. The lowest BCUT2D eigenvalue weighted by molar-refractivity contribution is -0.125. The molecule has 2 unspecified atom stereocenters. The average Bonchev–Trinajstić information content (AvgIpc) is 2.53. The Labute approximate surface area is 136 Å². The number of hydrogen-bond donors (Lipinski definition) is 1. The zero-order chi connectivity index (χ0) is 16.6. The molecule has 1 amide bonds. The summed E-state index contributed by atoms with van der Waals surface area (Å²) in [7, 11) is 0. The molecule has 1 aliphatic heterocycles. The van der Waals surface area contributed by atoms with Crippen LogP contribution in [0.4, 0.5) is 5.69 Å². The smallest absolute Gasteiger partial charge is 0.268 e. The Morgan fingerprint density at radius 3 is 2.57 bits per heavy atom. The van der Waals surface area contributed by atoms with Crippen molar-refractivity contribution in [1.29, 1.82) is 0 Å². The molecule has 2 aromatic carbocycles. The van der Waals surface area contributed by atoms with Crippen LogP contribution in [0.15, 0.2) is 42.5 Å². The van der Waals surface area contributed by atoms with Crippen molar-refractivity contribution in [2.45, 2.75) is 39.5 Å². The van der Waals surface area contributed by atoms with Gasteiger partial charge in [0.25, 0.3) is 5.91 Å². The van der Waals surface area contributed by atoms with Crippen molar-refractivity contribution in [2.24, 2.45) is 5.73 Å². The van der Waals surface area contributed by atoms with E-state index < -0.39 is 6.10 Å². The van der Waals surface area contributed by atoms with Crippen LogP contribution in [0.3, 0.4) is 0 Å². The van der Waals surface area contributed by atoms with Crippen molar-refractivity contribution in [3.63, 3.8) is 0 Å². The van der Waals surface area contributed by atoms with Crippen molar-refractivity contribution in [3.05, 3.63) is 59.2 Å². The van der Waals surface area contributed by atoms with Crippen molar-refractivity contribution >= 4 is 11.6 Å². The molecule has 2 aromatic rings. The molecule has 120 valence electrons. The highest BCUT2D eigenvalue weighted by Crippen LogP contribution is 2.36. The number of hydrogen-bond acceptors (Lipinski definition) is 3. The van der Waals surface area contributed by atoms with Gasteiger partial charge in [0.1, 0.15) is 5.75 Å². The van der Waals surface area contributed by atoms with Crippen LogP contribution in [0.2, 0.25) is 0 Å². The predicted molar refractivity (Wildman–Crippen MR) is 91.5 cm³/mol. The molecular formula is C19H22N2O2. The van der Waals surface area contributed by atoms with Crippen LogP contribution in [0.25, 0.3) is 0 Å². The molecule has 0 saturated carbocycles. The fourth-order valence-electron chi connectivity index (χ4n) is 2.75. The Bertz CT molecular complexity index is 723. The highest BCUT2D eigenvalue weighted by molar-refractivity contribution is 5.99. The van der Waals surface area contributed by atoms with Crippen LogP contribution in [0.1, 0.15) is 36.6 Å².